The van der Waals surface area contributed by atoms with Crippen LogP contribution in [-0.2, 0) is 4.74 Å². The molecule has 0 saturated carbocycles. The maximum atomic E-state index is 14.0. The van der Waals surface area contributed by atoms with Crippen molar-refractivity contribution in [3.8, 4) is 0 Å². The zero-order valence-electron chi connectivity index (χ0n) is 10.9. The summed E-state index contributed by atoms with van der Waals surface area (Å²) in [6.45, 7) is 0.932. The monoisotopic (exact) mass is 272 g/mol. The van der Waals surface area contributed by atoms with Crippen LogP contribution in [0.5, 0.6) is 0 Å². The lowest BCUT2D eigenvalue weighted by Crippen LogP contribution is -2.53. The Hall–Kier alpha value is -1.34. The van der Waals surface area contributed by atoms with Crippen molar-refractivity contribution in [1.29, 1.82) is 0 Å². The molecule has 1 aromatic heterocycles. The molecule has 0 spiro atoms. The van der Waals surface area contributed by atoms with Crippen molar-refractivity contribution >= 4 is 5.95 Å². The van der Waals surface area contributed by atoms with E-state index in [1.165, 1.54) is 4.90 Å². The summed E-state index contributed by atoms with van der Waals surface area (Å²) in [5, 5.41) is 2.87. The molecule has 1 aliphatic rings. The first-order valence-corrected chi connectivity index (χ1v) is 6.29. The van der Waals surface area contributed by atoms with Crippen molar-refractivity contribution in [2.75, 3.05) is 38.2 Å². The number of rotatable bonds is 5. The number of alkyl halides is 2. The fraction of sp³-hybridized carbons (Fsp3) is 0.667. The van der Waals surface area contributed by atoms with Gasteiger partial charge in [-0.25, -0.2) is 18.7 Å². The van der Waals surface area contributed by atoms with E-state index in [0.717, 1.165) is 0 Å². The molecule has 0 radical (unpaired) electrons. The lowest BCUT2D eigenvalue weighted by atomic mass is 10.0. The van der Waals surface area contributed by atoms with Crippen molar-refractivity contribution in [3.63, 3.8) is 0 Å². The Balaban J connectivity index is 1.95. The van der Waals surface area contributed by atoms with E-state index in [9.17, 15) is 8.78 Å². The number of hydrogen-bond acceptors (Lipinski definition) is 5. The van der Waals surface area contributed by atoms with Gasteiger partial charge in [-0.15, -0.1) is 0 Å². The summed E-state index contributed by atoms with van der Waals surface area (Å²) in [4.78, 5) is 9.50. The van der Waals surface area contributed by atoms with Crippen molar-refractivity contribution in [2.45, 2.75) is 18.4 Å². The van der Waals surface area contributed by atoms with E-state index in [1.807, 2.05) is 0 Å². The highest BCUT2D eigenvalue weighted by molar-refractivity contribution is 5.30. The van der Waals surface area contributed by atoms with Crippen molar-refractivity contribution < 1.29 is 13.5 Å². The Labute approximate surface area is 111 Å². The molecule has 0 bridgehead atoms. The minimum absolute atomic E-state index is 0.273. The summed E-state index contributed by atoms with van der Waals surface area (Å²) < 4.78 is 33.2. The second-order valence-electron chi connectivity index (χ2n) is 4.48. The summed E-state index contributed by atoms with van der Waals surface area (Å²) in [6, 6.07) is 1.66. The Kier molecular flexibility index (Phi) is 4.60. The second kappa shape index (κ2) is 6.21. The normalized spacial score (nSPS) is 22.5. The predicted molar refractivity (Wildman–Crippen MR) is 67.5 cm³/mol. The fourth-order valence-electron chi connectivity index (χ4n) is 2.05. The van der Waals surface area contributed by atoms with Crippen LogP contribution in [0.25, 0.3) is 0 Å². The number of anilines is 1. The Morgan fingerprint density at radius 1 is 1.47 bits per heavy atom. The first kappa shape index (κ1) is 14.1. The van der Waals surface area contributed by atoms with Crippen molar-refractivity contribution in [3.05, 3.63) is 18.5 Å². The van der Waals surface area contributed by atoms with Crippen LogP contribution in [0.4, 0.5) is 14.7 Å². The summed E-state index contributed by atoms with van der Waals surface area (Å²) in [7, 11) is 1.76. The lowest BCUT2D eigenvalue weighted by Gasteiger charge is -2.38. The molecule has 1 fully saturated rings. The van der Waals surface area contributed by atoms with Crippen molar-refractivity contribution in [1.82, 2.24) is 15.3 Å². The van der Waals surface area contributed by atoms with Crippen LogP contribution in [0.3, 0.4) is 0 Å². The number of nitrogens with zero attached hydrogens (tertiary/aromatic N) is 3. The topological polar surface area (TPSA) is 50.3 Å². The van der Waals surface area contributed by atoms with Crippen LogP contribution in [0.2, 0.25) is 0 Å². The molecule has 2 heterocycles. The van der Waals surface area contributed by atoms with Crippen LogP contribution >= 0.6 is 0 Å². The maximum absolute atomic E-state index is 14.0. The van der Waals surface area contributed by atoms with Gasteiger partial charge in [0.05, 0.1) is 13.2 Å². The average molecular weight is 272 g/mol. The number of ether oxygens (including phenoxy) is 1. The molecule has 1 saturated heterocycles. The third kappa shape index (κ3) is 3.57. The van der Waals surface area contributed by atoms with E-state index in [4.69, 9.17) is 4.74 Å². The lowest BCUT2D eigenvalue weighted by molar-refractivity contribution is -0.142. The van der Waals surface area contributed by atoms with Gasteiger partial charge in [-0.2, -0.15) is 0 Å². The highest BCUT2D eigenvalue weighted by Gasteiger charge is 2.46. The van der Waals surface area contributed by atoms with Crippen LogP contribution < -0.4 is 10.2 Å². The van der Waals surface area contributed by atoms with Crippen LogP contribution in [-0.4, -0.2) is 55.3 Å². The Bertz CT molecular complexity index is 391. The van der Waals surface area contributed by atoms with Gasteiger partial charge in [-0.3, -0.25) is 0 Å². The number of halogens is 2. The molecule has 0 amide bonds. The third-order valence-corrected chi connectivity index (χ3v) is 3.04. The van der Waals surface area contributed by atoms with Crippen molar-refractivity contribution in [2.24, 2.45) is 0 Å². The van der Waals surface area contributed by atoms with Gasteiger partial charge in [0.1, 0.15) is 6.10 Å². The zero-order valence-corrected chi connectivity index (χ0v) is 10.9. The predicted octanol–water partition coefficient (Wildman–Crippen LogP) is 0.927. The standard InChI is InChI=1S/C12H18F2N4O/c1-15-6-8-19-10-3-7-18(9-12(10,13)14)11-16-4-2-5-17-11/h2,4-5,10,15H,3,6-9H2,1H3/t10-/m1/s1. The second-order valence-corrected chi connectivity index (χ2v) is 4.48. The van der Waals surface area contributed by atoms with Crippen LogP contribution in [0, 0.1) is 0 Å². The molecule has 1 aromatic rings. The smallest absolute Gasteiger partial charge is 0.290 e. The SMILES string of the molecule is CNCCO[C@@H]1CCN(c2ncccn2)CC1(F)F. The van der Waals surface area contributed by atoms with Crippen LogP contribution in [0.15, 0.2) is 18.5 Å². The molecule has 2 rings (SSSR count). The summed E-state index contributed by atoms with van der Waals surface area (Å²) in [6.07, 6.45) is 2.35. The summed E-state index contributed by atoms with van der Waals surface area (Å²) in [5.41, 5.74) is 0. The number of hydrogen-bond donors (Lipinski definition) is 1. The molecule has 7 heteroatoms. The van der Waals surface area contributed by atoms with E-state index in [1.54, 1.807) is 25.5 Å². The number of aromatic nitrogens is 2. The van der Waals surface area contributed by atoms with Gasteiger partial charge in [0, 0.05) is 25.5 Å². The van der Waals surface area contributed by atoms with E-state index in [-0.39, 0.29) is 6.42 Å². The zero-order chi connectivity index (χ0) is 13.7. The van der Waals surface area contributed by atoms with E-state index >= 15 is 0 Å². The average Bonchev–Trinajstić information content (AvgIpc) is 2.41. The van der Waals surface area contributed by atoms with Gasteiger partial charge in [-0.05, 0) is 19.5 Å². The molecular formula is C12H18F2N4O. The van der Waals surface area contributed by atoms with Gasteiger partial charge in [0.15, 0.2) is 0 Å². The van der Waals surface area contributed by atoms with Gasteiger partial charge < -0.3 is 15.0 Å². The molecule has 0 aliphatic carbocycles. The number of nitrogens with one attached hydrogen (secondary N) is 1. The molecule has 106 valence electrons. The molecule has 1 atom stereocenters. The van der Waals surface area contributed by atoms with E-state index in [0.29, 0.717) is 25.6 Å². The first-order chi connectivity index (χ1) is 9.13. The van der Waals surface area contributed by atoms with Gasteiger partial charge >= 0.3 is 0 Å². The Morgan fingerprint density at radius 3 is 2.84 bits per heavy atom. The van der Waals surface area contributed by atoms with Gasteiger partial charge in [0.25, 0.3) is 5.92 Å². The maximum Gasteiger partial charge on any atom is 0.290 e. The summed E-state index contributed by atoms with van der Waals surface area (Å²) >= 11 is 0. The molecule has 1 N–H and O–H groups in total. The molecule has 5 nitrogen and oxygen atoms in total. The summed E-state index contributed by atoms with van der Waals surface area (Å²) in [5.74, 6) is -2.54. The molecule has 19 heavy (non-hydrogen) atoms. The minimum atomic E-state index is -2.88. The number of likely N-dealkylation sites (N-methyl/N-ethyl adjacent to an activating group) is 1. The van der Waals surface area contributed by atoms with Gasteiger partial charge in [-0.1, -0.05) is 0 Å². The minimum Gasteiger partial charge on any atom is -0.370 e. The number of piperidine rings is 1. The van der Waals surface area contributed by atoms with E-state index in [2.05, 4.69) is 15.3 Å². The fourth-order valence-corrected chi connectivity index (χ4v) is 2.05. The third-order valence-electron chi connectivity index (χ3n) is 3.04. The largest absolute Gasteiger partial charge is 0.370 e. The highest BCUT2D eigenvalue weighted by Crippen LogP contribution is 2.31. The molecule has 1 aliphatic heterocycles. The van der Waals surface area contributed by atoms with E-state index < -0.39 is 18.6 Å². The molecule has 0 aromatic carbocycles. The van der Waals surface area contributed by atoms with Crippen LogP contribution in [0.1, 0.15) is 6.42 Å². The van der Waals surface area contributed by atoms with Gasteiger partial charge in [0.2, 0.25) is 5.95 Å². The first-order valence-electron chi connectivity index (χ1n) is 6.29. The Morgan fingerprint density at radius 2 is 2.21 bits per heavy atom. The quantitative estimate of drug-likeness (QED) is 0.808. The molecular weight excluding hydrogens is 254 g/mol. The molecule has 0 unspecified atom stereocenters. The highest BCUT2D eigenvalue weighted by atomic mass is 19.3.